The molecule has 0 aromatic rings. The second-order valence-electron chi connectivity index (χ2n) is 3.38. The van der Waals surface area contributed by atoms with Crippen molar-refractivity contribution in [2.24, 2.45) is 11.8 Å². The minimum absolute atomic E-state index is 0. The average molecular weight is 178 g/mol. The van der Waals surface area contributed by atoms with Crippen molar-refractivity contribution < 1.29 is 4.74 Å². The molecule has 0 saturated carbocycles. The summed E-state index contributed by atoms with van der Waals surface area (Å²) in [4.78, 5) is 0. The highest BCUT2D eigenvalue weighted by atomic mass is 35.5. The SMILES string of the molecule is C1CC2COCCC2CN1.Cl. The number of hydrogen-bond acceptors (Lipinski definition) is 2. The third-order valence-electron chi connectivity index (χ3n) is 2.73. The summed E-state index contributed by atoms with van der Waals surface area (Å²) in [5.41, 5.74) is 0. The van der Waals surface area contributed by atoms with Crippen molar-refractivity contribution in [2.75, 3.05) is 26.3 Å². The van der Waals surface area contributed by atoms with Crippen LogP contribution in [0.2, 0.25) is 0 Å². The van der Waals surface area contributed by atoms with Crippen molar-refractivity contribution in [1.82, 2.24) is 5.32 Å². The molecule has 0 spiro atoms. The molecule has 2 unspecified atom stereocenters. The molecule has 0 bridgehead atoms. The van der Waals surface area contributed by atoms with Crippen LogP contribution in [0, 0.1) is 11.8 Å². The summed E-state index contributed by atoms with van der Waals surface area (Å²) in [5, 5.41) is 3.43. The van der Waals surface area contributed by atoms with E-state index in [1.165, 1.54) is 25.9 Å². The predicted octanol–water partition coefficient (Wildman–Crippen LogP) is 1.05. The Kier molecular flexibility index (Phi) is 3.63. The van der Waals surface area contributed by atoms with E-state index in [2.05, 4.69) is 5.32 Å². The van der Waals surface area contributed by atoms with E-state index in [0.29, 0.717) is 0 Å². The van der Waals surface area contributed by atoms with Crippen LogP contribution in [0.25, 0.3) is 0 Å². The van der Waals surface area contributed by atoms with Gasteiger partial charge in [-0.15, -0.1) is 12.4 Å². The molecule has 66 valence electrons. The molecule has 0 aliphatic carbocycles. The van der Waals surface area contributed by atoms with E-state index >= 15 is 0 Å². The molecule has 0 amide bonds. The highest BCUT2D eigenvalue weighted by Crippen LogP contribution is 2.25. The van der Waals surface area contributed by atoms with Crippen molar-refractivity contribution >= 4 is 12.4 Å². The largest absolute Gasteiger partial charge is 0.381 e. The topological polar surface area (TPSA) is 21.3 Å². The highest BCUT2D eigenvalue weighted by molar-refractivity contribution is 5.85. The lowest BCUT2D eigenvalue weighted by Crippen LogP contribution is -2.41. The molecule has 2 fully saturated rings. The first-order valence-electron chi connectivity index (χ1n) is 4.25. The monoisotopic (exact) mass is 177 g/mol. The minimum Gasteiger partial charge on any atom is -0.381 e. The van der Waals surface area contributed by atoms with Gasteiger partial charge in [-0.1, -0.05) is 0 Å². The van der Waals surface area contributed by atoms with Gasteiger partial charge in [0.1, 0.15) is 0 Å². The van der Waals surface area contributed by atoms with Crippen LogP contribution in [0.1, 0.15) is 12.8 Å². The van der Waals surface area contributed by atoms with Crippen LogP contribution in [-0.2, 0) is 4.74 Å². The number of nitrogens with one attached hydrogen (secondary N) is 1. The number of rotatable bonds is 0. The molecule has 2 saturated heterocycles. The van der Waals surface area contributed by atoms with Gasteiger partial charge in [-0.25, -0.2) is 0 Å². The fourth-order valence-electron chi connectivity index (χ4n) is 2.00. The van der Waals surface area contributed by atoms with Gasteiger partial charge in [-0.2, -0.15) is 0 Å². The summed E-state index contributed by atoms with van der Waals surface area (Å²) in [7, 11) is 0. The Hall–Kier alpha value is 0.210. The number of piperidine rings is 1. The third-order valence-corrected chi connectivity index (χ3v) is 2.73. The van der Waals surface area contributed by atoms with Crippen LogP contribution in [0.4, 0.5) is 0 Å². The van der Waals surface area contributed by atoms with Crippen LogP contribution >= 0.6 is 12.4 Å². The molecule has 2 rings (SSSR count). The lowest BCUT2D eigenvalue weighted by atomic mass is 9.83. The van der Waals surface area contributed by atoms with E-state index in [-0.39, 0.29) is 12.4 Å². The van der Waals surface area contributed by atoms with Gasteiger partial charge in [0.05, 0.1) is 0 Å². The molecule has 11 heavy (non-hydrogen) atoms. The van der Waals surface area contributed by atoms with Gasteiger partial charge in [-0.3, -0.25) is 0 Å². The molecule has 0 aromatic carbocycles. The first-order valence-corrected chi connectivity index (χ1v) is 4.25. The molecule has 1 N–H and O–H groups in total. The Bertz CT molecular complexity index is 94.7. The van der Waals surface area contributed by atoms with Gasteiger partial charge < -0.3 is 10.1 Å². The molecule has 2 atom stereocenters. The zero-order valence-corrected chi connectivity index (χ0v) is 7.53. The Morgan fingerprint density at radius 3 is 2.91 bits per heavy atom. The van der Waals surface area contributed by atoms with Gasteiger partial charge in [0.25, 0.3) is 0 Å². The number of halogens is 1. The van der Waals surface area contributed by atoms with Crippen LogP contribution in [0.5, 0.6) is 0 Å². The standard InChI is InChI=1S/C8H15NO.ClH/c1-3-9-5-7-2-4-10-6-8(1)7;/h7-9H,1-6H2;1H. The maximum absolute atomic E-state index is 5.41. The number of hydrogen-bond donors (Lipinski definition) is 1. The fraction of sp³-hybridized carbons (Fsp3) is 1.00. The number of ether oxygens (including phenoxy) is 1. The van der Waals surface area contributed by atoms with E-state index in [1.54, 1.807) is 0 Å². The van der Waals surface area contributed by atoms with E-state index in [9.17, 15) is 0 Å². The Balaban J connectivity index is 0.000000605. The third kappa shape index (κ3) is 2.08. The summed E-state index contributed by atoms with van der Waals surface area (Å²) in [6, 6.07) is 0. The van der Waals surface area contributed by atoms with Gasteiger partial charge in [-0.05, 0) is 37.8 Å². The van der Waals surface area contributed by atoms with Crippen molar-refractivity contribution in [3.05, 3.63) is 0 Å². The maximum Gasteiger partial charge on any atom is 0.0497 e. The summed E-state index contributed by atoms with van der Waals surface area (Å²) < 4.78 is 5.41. The Morgan fingerprint density at radius 2 is 2.09 bits per heavy atom. The second-order valence-corrected chi connectivity index (χ2v) is 3.38. The minimum atomic E-state index is 0. The Labute approximate surface area is 74.1 Å². The van der Waals surface area contributed by atoms with Gasteiger partial charge in [0.2, 0.25) is 0 Å². The smallest absolute Gasteiger partial charge is 0.0497 e. The van der Waals surface area contributed by atoms with Crippen molar-refractivity contribution in [1.29, 1.82) is 0 Å². The number of fused-ring (bicyclic) bond motifs is 1. The summed E-state index contributed by atoms with van der Waals surface area (Å²) in [6.07, 6.45) is 2.60. The molecule has 2 heterocycles. The molecular formula is C8H16ClNO. The van der Waals surface area contributed by atoms with E-state index < -0.39 is 0 Å². The molecule has 2 nitrogen and oxygen atoms in total. The first kappa shape index (κ1) is 9.30. The summed E-state index contributed by atoms with van der Waals surface area (Å²) in [5.74, 6) is 1.79. The van der Waals surface area contributed by atoms with Crippen LogP contribution in [0.15, 0.2) is 0 Å². The quantitative estimate of drug-likeness (QED) is 0.598. The summed E-state index contributed by atoms with van der Waals surface area (Å²) >= 11 is 0. The van der Waals surface area contributed by atoms with Crippen LogP contribution in [0.3, 0.4) is 0 Å². The first-order chi connectivity index (χ1) is 4.97. The normalized spacial score (nSPS) is 37.1. The van der Waals surface area contributed by atoms with E-state index in [0.717, 1.165) is 25.0 Å². The van der Waals surface area contributed by atoms with E-state index in [4.69, 9.17) is 4.74 Å². The van der Waals surface area contributed by atoms with E-state index in [1.807, 2.05) is 0 Å². The highest BCUT2D eigenvalue weighted by Gasteiger charge is 2.27. The van der Waals surface area contributed by atoms with Gasteiger partial charge >= 0.3 is 0 Å². The van der Waals surface area contributed by atoms with Crippen LogP contribution in [-0.4, -0.2) is 26.3 Å². The second kappa shape index (κ2) is 4.29. The zero-order chi connectivity index (χ0) is 6.81. The molecule has 3 heteroatoms. The molecular weight excluding hydrogens is 162 g/mol. The lowest BCUT2D eigenvalue weighted by Gasteiger charge is -2.35. The molecule has 0 radical (unpaired) electrons. The van der Waals surface area contributed by atoms with Crippen molar-refractivity contribution in [2.45, 2.75) is 12.8 Å². The average Bonchev–Trinajstić information content (AvgIpc) is 2.05. The molecule has 2 aliphatic heterocycles. The Morgan fingerprint density at radius 1 is 1.18 bits per heavy atom. The van der Waals surface area contributed by atoms with Gasteiger partial charge in [0.15, 0.2) is 0 Å². The fourth-order valence-corrected chi connectivity index (χ4v) is 2.00. The van der Waals surface area contributed by atoms with Crippen molar-refractivity contribution in [3.63, 3.8) is 0 Å². The molecule has 0 aromatic heterocycles. The van der Waals surface area contributed by atoms with Crippen molar-refractivity contribution in [3.8, 4) is 0 Å². The summed E-state index contributed by atoms with van der Waals surface area (Å²) in [6.45, 7) is 4.44. The van der Waals surface area contributed by atoms with Gasteiger partial charge in [0, 0.05) is 13.2 Å². The zero-order valence-electron chi connectivity index (χ0n) is 6.71. The maximum atomic E-state index is 5.41. The van der Waals surface area contributed by atoms with Crippen LogP contribution < -0.4 is 5.32 Å². The molecule has 2 aliphatic rings. The predicted molar refractivity (Wildman–Crippen MR) is 47.2 cm³/mol. The lowest BCUT2D eigenvalue weighted by molar-refractivity contribution is 0.00421.